The number of aromatic nitrogens is 2. The summed E-state index contributed by atoms with van der Waals surface area (Å²) in [5.41, 5.74) is 3.96. The van der Waals surface area contributed by atoms with Gasteiger partial charge in [0.2, 0.25) is 0 Å². The second-order valence-corrected chi connectivity index (χ2v) is 4.33. The van der Waals surface area contributed by atoms with Crippen LogP contribution in [0.25, 0.3) is 22.2 Å². The zero-order valence-electron chi connectivity index (χ0n) is 10.4. The fourth-order valence-corrected chi connectivity index (χ4v) is 2.20. The van der Waals surface area contributed by atoms with Gasteiger partial charge in [-0.2, -0.15) is 0 Å². The van der Waals surface area contributed by atoms with Gasteiger partial charge in [-0.25, -0.2) is 4.98 Å². The van der Waals surface area contributed by atoms with Crippen molar-refractivity contribution in [2.45, 2.75) is 13.5 Å². The van der Waals surface area contributed by atoms with Crippen LogP contribution < -0.4 is 5.32 Å². The van der Waals surface area contributed by atoms with Crippen molar-refractivity contribution < 1.29 is 4.42 Å². The monoisotopic (exact) mass is 241 g/mol. The highest BCUT2D eigenvalue weighted by atomic mass is 16.3. The minimum Gasteiger partial charge on any atom is -0.464 e. The van der Waals surface area contributed by atoms with Crippen molar-refractivity contribution >= 4 is 11.0 Å². The van der Waals surface area contributed by atoms with Crippen molar-refractivity contribution in [3.8, 4) is 11.3 Å². The molecule has 18 heavy (non-hydrogen) atoms. The van der Waals surface area contributed by atoms with Crippen LogP contribution >= 0.6 is 0 Å². The lowest BCUT2D eigenvalue weighted by atomic mass is 10.1. The molecule has 0 aliphatic carbocycles. The molecule has 4 heteroatoms. The van der Waals surface area contributed by atoms with E-state index in [1.165, 1.54) is 0 Å². The number of hydrogen-bond acceptors (Lipinski definition) is 3. The van der Waals surface area contributed by atoms with Gasteiger partial charge in [0, 0.05) is 16.6 Å². The predicted octanol–water partition coefficient (Wildman–Crippen LogP) is 2.85. The number of para-hydroxylation sites is 1. The van der Waals surface area contributed by atoms with Crippen molar-refractivity contribution in [3.05, 3.63) is 42.0 Å². The molecule has 1 aromatic carbocycles. The van der Waals surface area contributed by atoms with Crippen molar-refractivity contribution in [3.63, 3.8) is 0 Å². The molecule has 3 aromatic rings. The molecule has 0 saturated carbocycles. The van der Waals surface area contributed by atoms with Gasteiger partial charge in [-0.15, -0.1) is 0 Å². The highest BCUT2D eigenvalue weighted by Crippen LogP contribution is 2.31. The molecule has 0 aliphatic heterocycles. The number of imidazole rings is 1. The quantitative estimate of drug-likeness (QED) is 0.741. The maximum Gasteiger partial charge on any atom is 0.134 e. The average Bonchev–Trinajstić information content (AvgIpc) is 2.93. The van der Waals surface area contributed by atoms with Crippen molar-refractivity contribution in [1.82, 2.24) is 15.3 Å². The number of nitrogens with zero attached hydrogens (tertiary/aromatic N) is 1. The second kappa shape index (κ2) is 4.31. The average molecular weight is 241 g/mol. The molecular formula is C14H15N3O. The van der Waals surface area contributed by atoms with Crippen LogP contribution in [0.1, 0.15) is 11.5 Å². The lowest BCUT2D eigenvalue weighted by molar-refractivity contribution is 0.617. The number of H-pyrrole nitrogens is 1. The molecule has 0 amide bonds. The van der Waals surface area contributed by atoms with E-state index in [9.17, 15) is 0 Å². The van der Waals surface area contributed by atoms with E-state index >= 15 is 0 Å². The van der Waals surface area contributed by atoms with Crippen LogP contribution in [0.2, 0.25) is 0 Å². The predicted molar refractivity (Wildman–Crippen MR) is 71.3 cm³/mol. The standard InChI is InChI=1S/C14H15N3O/c1-9-14(17-13(16-9)7-15-2)11-8-18-12-6-4-3-5-10(11)12/h3-6,8,15H,7H2,1-2H3,(H,16,17). The van der Waals surface area contributed by atoms with Crippen LogP contribution in [0.4, 0.5) is 0 Å². The number of aromatic amines is 1. The van der Waals surface area contributed by atoms with Gasteiger partial charge in [0.1, 0.15) is 17.7 Å². The molecule has 2 heterocycles. The normalized spacial score (nSPS) is 11.2. The Morgan fingerprint density at radius 1 is 1.33 bits per heavy atom. The van der Waals surface area contributed by atoms with Gasteiger partial charge in [0.15, 0.2) is 0 Å². The number of furan rings is 1. The summed E-state index contributed by atoms with van der Waals surface area (Å²) in [5, 5.41) is 4.19. The molecule has 2 aromatic heterocycles. The summed E-state index contributed by atoms with van der Waals surface area (Å²) in [7, 11) is 1.91. The topological polar surface area (TPSA) is 53.9 Å². The Balaban J connectivity index is 2.14. The highest BCUT2D eigenvalue weighted by molar-refractivity contribution is 5.93. The Bertz CT molecular complexity index is 681. The van der Waals surface area contributed by atoms with Gasteiger partial charge in [-0.05, 0) is 20.0 Å². The van der Waals surface area contributed by atoms with Gasteiger partial charge in [0.25, 0.3) is 0 Å². The van der Waals surface area contributed by atoms with E-state index in [1.807, 2.05) is 32.2 Å². The fourth-order valence-electron chi connectivity index (χ4n) is 2.20. The Morgan fingerprint density at radius 2 is 2.17 bits per heavy atom. The van der Waals surface area contributed by atoms with Crippen LogP contribution in [0.3, 0.4) is 0 Å². The van der Waals surface area contributed by atoms with Gasteiger partial charge >= 0.3 is 0 Å². The van der Waals surface area contributed by atoms with Crippen molar-refractivity contribution in [2.24, 2.45) is 0 Å². The molecule has 0 aliphatic rings. The third-order valence-corrected chi connectivity index (χ3v) is 3.01. The first kappa shape index (κ1) is 11.0. The minimum atomic E-state index is 0.733. The molecular weight excluding hydrogens is 226 g/mol. The Morgan fingerprint density at radius 3 is 3.00 bits per heavy atom. The van der Waals surface area contributed by atoms with Crippen LogP contribution in [0, 0.1) is 6.92 Å². The molecule has 0 unspecified atom stereocenters. The minimum absolute atomic E-state index is 0.733. The molecule has 0 radical (unpaired) electrons. The third-order valence-electron chi connectivity index (χ3n) is 3.01. The molecule has 0 spiro atoms. The van der Waals surface area contributed by atoms with Gasteiger partial charge in [-0.3, -0.25) is 0 Å². The van der Waals surface area contributed by atoms with E-state index in [2.05, 4.69) is 21.4 Å². The van der Waals surface area contributed by atoms with Gasteiger partial charge < -0.3 is 14.7 Å². The van der Waals surface area contributed by atoms with Crippen LogP contribution in [0.15, 0.2) is 34.9 Å². The number of nitrogens with one attached hydrogen (secondary N) is 2. The van der Waals surface area contributed by atoms with Crippen molar-refractivity contribution in [1.29, 1.82) is 0 Å². The molecule has 0 atom stereocenters. The zero-order chi connectivity index (χ0) is 12.5. The summed E-state index contributed by atoms with van der Waals surface area (Å²) >= 11 is 0. The first-order valence-electron chi connectivity index (χ1n) is 5.96. The van der Waals surface area contributed by atoms with Gasteiger partial charge in [-0.1, -0.05) is 18.2 Å². The molecule has 2 N–H and O–H groups in total. The van der Waals surface area contributed by atoms with E-state index in [4.69, 9.17) is 4.42 Å². The zero-order valence-corrected chi connectivity index (χ0v) is 10.4. The van der Waals surface area contributed by atoms with E-state index < -0.39 is 0 Å². The summed E-state index contributed by atoms with van der Waals surface area (Å²) < 4.78 is 5.56. The molecule has 0 bridgehead atoms. The molecule has 3 rings (SSSR count). The maximum atomic E-state index is 5.56. The third kappa shape index (κ3) is 1.71. The number of aryl methyl sites for hydroxylation is 1. The maximum absolute atomic E-state index is 5.56. The SMILES string of the molecule is CNCc1nc(-c2coc3ccccc23)c(C)[nH]1. The highest BCUT2D eigenvalue weighted by Gasteiger charge is 2.13. The summed E-state index contributed by atoms with van der Waals surface area (Å²) in [6.45, 7) is 2.76. The second-order valence-electron chi connectivity index (χ2n) is 4.33. The van der Waals surface area contributed by atoms with Crippen LogP contribution in [0.5, 0.6) is 0 Å². The van der Waals surface area contributed by atoms with Gasteiger partial charge in [0.05, 0.1) is 12.2 Å². The lowest BCUT2D eigenvalue weighted by Gasteiger charge is -1.94. The first-order valence-corrected chi connectivity index (χ1v) is 5.96. The molecule has 0 saturated heterocycles. The van der Waals surface area contributed by atoms with Crippen LogP contribution in [-0.4, -0.2) is 17.0 Å². The van der Waals surface area contributed by atoms with Crippen molar-refractivity contribution in [2.75, 3.05) is 7.05 Å². The summed E-state index contributed by atoms with van der Waals surface area (Å²) in [6.07, 6.45) is 1.77. The Kier molecular flexibility index (Phi) is 2.64. The largest absolute Gasteiger partial charge is 0.464 e. The molecule has 4 nitrogen and oxygen atoms in total. The summed E-state index contributed by atoms with van der Waals surface area (Å²) in [4.78, 5) is 7.90. The number of hydrogen-bond donors (Lipinski definition) is 2. The van der Waals surface area contributed by atoms with Crippen LogP contribution in [-0.2, 0) is 6.54 Å². The first-order chi connectivity index (χ1) is 8.79. The summed E-state index contributed by atoms with van der Waals surface area (Å²) in [6, 6.07) is 8.01. The molecule has 0 fully saturated rings. The Labute approximate surface area is 105 Å². The van der Waals surface area contributed by atoms with E-state index in [-0.39, 0.29) is 0 Å². The smallest absolute Gasteiger partial charge is 0.134 e. The number of rotatable bonds is 3. The number of benzene rings is 1. The Hall–Kier alpha value is -2.07. The fraction of sp³-hybridized carbons (Fsp3) is 0.214. The van der Waals surface area contributed by atoms with E-state index in [0.29, 0.717) is 0 Å². The number of fused-ring (bicyclic) bond motifs is 1. The van der Waals surface area contributed by atoms with E-state index in [0.717, 1.165) is 40.3 Å². The molecule has 92 valence electrons. The summed E-state index contributed by atoms with van der Waals surface area (Å²) in [5.74, 6) is 0.940. The van der Waals surface area contributed by atoms with E-state index in [1.54, 1.807) is 6.26 Å². The lowest BCUT2D eigenvalue weighted by Crippen LogP contribution is -2.06.